The first-order chi connectivity index (χ1) is 13.0. The first-order valence-electron chi connectivity index (χ1n) is 9.46. The summed E-state index contributed by atoms with van der Waals surface area (Å²) in [4.78, 5) is 0.273. The van der Waals surface area contributed by atoms with Crippen molar-refractivity contribution in [2.75, 3.05) is 13.7 Å². The minimum atomic E-state index is -3.68. The number of rotatable bonds is 8. The lowest BCUT2D eigenvalue weighted by molar-refractivity contribution is 0.287. The molecule has 6 heteroatoms. The minimum Gasteiger partial charge on any atom is -0.496 e. The van der Waals surface area contributed by atoms with E-state index < -0.39 is 10.0 Å². The lowest BCUT2D eigenvalue weighted by Crippen LogP contribution is -2.37. The minimum absolute atomic E-state index is 0.148. The largest absolute Gasteiger partial charge is 0.496 e. The number of hydrogen-bond donors (Lipinski definition) is 1. The SMILES string of the molecule is COc1cc(C)c(S(=O)(=O)N[C@@H](C)COc2ccc(C)c(C)c2)cc1C(C)C. The van der Waals surface area contributed by atoms with Crippen molar-refractivity contribution in [1.29, 1.82) is 0 Å². The van der Waals surface area contributed by atoms with E-state index in [2.05, 4.69) is 4.72 Å². The summed E-state index contributed by atoms with van der Waals surface area (Å²) in [6, 6.07) is 8.95. The summed E-state index contributed by atoms with van der Waals surface area (Å²) in [6.07, 6.45) is 0. The molecule has 2 aromatic rings. The maximum Gasteiger partial charge on any atom is 0.241 e. The summed E-state index contributed by atoms with van der Waals surface area (Å²) < 4.78 is 39.8. The fourth-order valence-corrected chi connectivity index (χ4v) is 4.47. The van der Waals surface area contributed by atoms with Gasteiger partial charge in [-0.15, -0.1) is 0 Å². The Hall–Kier alpha value is -2.05. The lowest BCUT2D eigenvalue weighted by Gasteiger charge is -2.19. The van der Waals surface area contributed by atoms with E-state index in [-0.39, 0.29) is 23.5 Å². The third-order valence-corrected chi connectivity index (χ3v) is 6.51. The van der Waals surface area contributed by atoms with Gasteiger partial charge < -0.3 is 9.47 Å². The molecule has 0 amide bonds. The number of ether oxygens (including phenoxy) is 2. The van der Waals surface area contributed by atoms with Gasteiger partial charge in [-0.3, -0.25) is 0 Å². The van der Waals surface area contributed by atoms with Crippen molar-refractivity contribution in [2.45, 2.75) is 58.4 Å². The van der Waals surface area contributed by atoms with E-state index in [1.165, 1.54) is 5.56 Å². The molecule has 0 aromatic heterocycles. The number of hydrogen-bond acceptors (Lipinski definition) is 4. The molecule has 0 saturated carbocycles. The molecular weight excluding hydrogens is 374 g/mol. The molecule has 0 saturated heterocycles. The smallest absolute Gasteiger partial charge is 0.241 e. The van der Waals surface area contributed by atoms with Gasteiger partial charge in [-0.2, -0.15) is 0 Å². The topological polar surface area (TPSA) is 64.6 Å². The highest BCUT2D eigenvalue weighted by atomic mass is 32.2. The lowest BCUT2D eigenvalue weighted by atomic mass is 10.0. The second kappa shape index (κ2) is 8.97. The van der Waals surface area contributed by atoms with Gasteiger partial charge in [0.25, 0.3) is 0 Å². The quantitative estimate of drug-likeness (QED) is 0.703. The van der Waals surface area contributed by atoms with Gasteiger partial charge in [0.15, 0.2) is 0 Å². The van der Waals surface area contributed by atoms with Gasteiger partial charge in [0, 0.05) is 0 Å². The van der Waals surface area contributed by atoms with Crippen molar-refractivity contribution >= 4 is 10.0 Å². The van der Waals surface area contributed by atoms with Crippen molar-refractivity contribution in [2.24, 2.45) is 0 Å². The zero-order valence-corrected chi connectivity index (χ0v) is 18.6. The molecule has 2 rings (SSSR count). The fourth-order valence-electron chi connectivity index (χ4n) is 2.98. The van der Waals surface area contributed by atoms with E-state index in [0.29, 0.717) is 11.3 Å². The average molecular weight is 406 g/mol. The predicted molar refractivity (Wildman–Crippen MR) is 113 cm³/mol. The normalized spacial score (nSPS) is 12.9. The molecule has 0 aliphatic heterocycles. The van der Waals surface area contributed by atoms with Crippen LogP contribution in [0.25, 0.3) is 0 Å². The van der Waals surface area contributed by atoms with Gasteiger partial charge in [0.2, 0.25) is 10.0 Å². The molecule has 2 aromatic carbocycles. The molecule has 0 heterocycles. The summed E-state index contributed by atoms with van der Waals surface area (Å²) in [6.45, 7) is 11.9. The van der Waals surface area contributed by atoms with Crippen molar-refractivity contribution in [3.05, 3.63) is 52.6 Å². The Morgan fingerprint density at radius 2 is 1.64 bits per heavy atom. The number of benzene rings is 2. The third kappa shape index (κ3) is 5.26. The highest BCUT2D eigenvalue weighted by Crippen LogP contribution is 2.31. The van der Waals surface area contributed by atoms with Crippen molar-refractivity contribution < 1.29 is 17.9 Å². The molecule has 0 aliphatic carbocycles. The van der Waals surface area contributed by atoms with Gasteiger partial charge in [-0.05, 0) is 80.1 Å². The molecule has 0 bridgehead atoms. The number of methoxy groups -OCH3 is 1. The van der Waals surface area contributed by atoms with Crippen LogP contribution in [-0.2, 0) is 10.0 Å². The van der Waals surface area contributed by atoms with Gasteiger partial charge in [0.1, 0.15) is 18.1 Å². The average Bonchev–Trinajstić information content (AvgIpc) is 2.61. The second-order valence-corrected chi connectivity index (χ2v) is 9.28. The monoisotopic (exact) mass is 405 g/mol. The van der Waals surface area contributed by atoms with E-state index in [9.17, 15) is 8.42 Å². The Bertz CT molecular complexity index is 936. The highest BCUT2D eigenvalue weighted by molar-refractivity contribution is 7.89. The van der Waals surface area contributed by atoms with Gasteiger partial charge in [-0.1, -0.05) is 19.9 Å². The molecule has 1 N–H and O–H groups in total. The zero-order chi connectivity index (χ0) is 21.1. The Labute approximate surface area is 169 Å². The molecule has 0 fully saturated rings. The molecule has 0 aliphatic rings. The van der Waals surface area contributed by atoms with Crippen molar-refractivity contribution in [3.63, 3.8) is 0 Å². The fraction of sp³-hybridized carbons (Fsp3) is 0.455. The standard InChI is InChI=1S/C22H31NO4S/c1-14(2)20-12-22(17(5)11-21(20)26-7)28(24,25)23-18(6)13-27-19-9-8-15(3)16(4)10-19/h8-12,14,18,23H,13H2,1-7H3/t18-/m0/s1. The summed E-state index contributed by atoms with van der Waals surface area (Å²) in [5.41, 5.74) is 3.85. The van der Waals surface area contributed by atoms with Gasteiger partial charge >= 0.3 is 0 Å². The Balaban J connectivity index is 2.16. The molecule has 0 radical (unpaired) electrons. The zero-order valence-electron chi connectivity index (χ0n) is 17.8. The van der Waals surface area contributed by atoms with Crippen LogP contribution in [0.2, 0.25) is 0 Å². The van der Waals surface area contributed by atoms with Crippen LogP contribution in [0.15, 0.2) is 35.2 Å². The van der Waals surface area contributed by atoms with Gasteiger partial charge in [-0.25, -0.2) is 13.1 Å². The maximum absolute atomic E-state index is 12.9. The molecule has 0 spiro atoms. The predicted octanol–water partition coefficient (Wildman–Crippen LogP) is 4.49. The molecule has 28 heavy (non-hydrogen) atoms. The van der Waals surface area contributed by atoms with E-state index in [1.807, 2.05) is 45.9 Å². The van der Waals surface area contributed by atoms with Crippen LogP contribution in [-0.4, -0.2) is 28.2 Å². The van der Waals surface area contributed by atoms with Gasteiger partial charge in [0.05, 0.1) is 18.0 Å². The van der Waals surface area contributed by atoms with Crippen LogP contribution in [0.5, 0.6) is 11.5 Å². The first kappa shape index (κ1) is 22.2. The maximum atomic E-state index is 12.9. The van der Waals surface area contributed by atoms with E-state index >= 15 is 0 Å². The number of sulfonamides is 1. The molecule has 1 atom stereocenters. The summed E-state index contributed by atoms with van der Waals surface area (Å²) >= 11 is 0. The van der Waals surface area contributed by atoms with Crippen LogP contribution in [0.1, 0.15) is 48.9 Å². The summed E-state index contributed by atoms with van der Waals surface area (Å²) in [5.74, 6) is 1.59. The second-order valence-electron chi connectivity index (χ2n) is 7.59. The van der Waals surface area contributed by atoms with Crippen molar-refractivity contribution in [1.82, 2.24) is 4.72 Å². The highest BCUT2D eigenvalue weighted by Gasteiger charge is 2.23. The van der Waals surface area contributed by atoms with Crippen LogP contribution in [0.3, 0.4) is 0 Å². The molecular formula is C22H31NO4S. The Morgan fingerprint density at radius 1 is 0.964 bits per heavy atom. The Morgan fingerprint density at radius 3 is 2.21 bits per heavy atom. The number of aryl methyl sites for hydroxylation is 3. The third-order valence-electron chi connectivity index (χ3n) is 4.77. The number of nitrogens with one attached hydrogen (secondary N) is 1. The first-order valence-corrected chi connectivity index (χ1v) is 10.9. The summed E-state index contributed by atoms with van der Waals surface area (Å²) in [7, 11) is -2.08. The molecule has 5 nitrogen and oxygen atoms in total. The van der Waals surface area contributed by atoms with E-state index in [1.54, 1.807) is 33.1 Å². The van der Waals surface area contributed by atoms with E-state index in [0.717, 1.165) is 16.9 Å². The van der Waals surface area contributed by atoms with Crippen molar-refractivity contribution in [3.8, 4) is 11.5 Å². The molecule has 154 valence electrons. The Kier molecular flexibility index (Phi) is 7.12. The van der Waals surface area contributed by atoms with Crippen LogP contribution >= 0.6 is 0 Å². The summed E-state index contributed by atoms with van der Waals surface area (Å²) in [5, 5.41) is 0. The molecule has 0 unspecified atom stereocenters. The van der Waals surface area contributed by atoms with Crippen LogP contribution in [0, 0.1) is 20.8 Å². The van der Waals surface area contributed by atoms with Crippen LogP contribution < -0.4 is 14.2 Å². The van der Waals surface area contributed by atoms with Crippen LogP contribution in [0.4, 0.5) is 0 Å². The van der Waals surface area contributed by atoms with E-state index in [4.69, 9.17) is 9.47 Å².